The molecule has 1 rings (SSSR count). The van der Waals surface area contributed by atoms with E-state index in [0.29, 0.717) is 6.54 Å². The summed E-state index contributed by atoms with van der Waals surface area (Å²) in [5, 5.41) is 0. The van der Waals surface area contributed by atoms with Gasteiger partial charge in [-0.05, 0) is 12.0 Å². The lowest BCUT2D eigenvalue weighted by atomic mass is 10.2. The van der Waals surface area contributed by atoms with Crippen LogP contribution < -0.4 is 0 Å². The Balaban J connectivity index is 2.73. The van der Waals surface area contributed by atoms with Crippen molar-refractivity contribution in [3.63, 3.8) is 0 Å². The first kappa shape index (κ1) is 12.9. The van der Waals surface area contributed by atoms with Gasteiger partial charge in [-0.15, -0.1) is 2.52 Å². The largest absolute Gasteiger partial charge is 0.226 e. The van der Waals surface area contributed by atoms with Crippen LogP contribution in [0.1, 0.15) is 18.9 Å². The van der Waals surface area contributed by atoms with E-state index in [1.54, 1.807) is 0 Å². The smallest absolute Gasteiger partial charge is 0.211 e. The minimum atomic E-state index is -3.16. The van der Waals surface area contributed by atoms with E-state index in [4.69, 9.17) is 0 Å². The predicted molar refractivity (Wildman–Crippen MR) is 70.1 cm³/mol. The number of hydrogen-bond acceptors (Lipinski definition) is 2. The molecule has 0 fully saturated rings. The molecule has 0 radical (unpaired) electrons. The van der Waals surface area contributed by atoms with Crippen LogP contribution in [0.5, 0.6) is 0 Å². The maximum Gasteiger partial charge on any atom is 0.226 e. The first-order valence-electron chi connectivity index (χ1n) is 4.76. The molecule has 0 spiro atoms. The second kappa shape index (κ2) is 5.81. The Kier molecular flexibility index (Phi) is 5.01. The zero-order chi connectivity index (χ0) is 11.3. The lowest BCUT2D eigenvalue weighted by molar-refractivity contribution is 0.550. The molecule has 0 amide bonds. The van der Waals surface area contributed by atoms with Gasteiger partial charge in [0.25, 0.3) is 0 Å². The van der Waals surface area contributed by atoms with Gasteiger partial charge in [0.15, 0.2) is 0 Å². The summed E-state index contributed by atoms with van der Waals surface area (Å²) in [5.74, 6) is 0.0801. The van der Waals surface area contributed by atoms with Gasteiger partial charge in [0, 0.05) is 29.4 Å². The molecular formula is C10H14INO2S. The number of halogens is 1. The molecule has 3 nitrogen and oxygen atoms in total. The van der Waals surface area contributed by atoms with Gasteiger partial charge in [-0.3, -0.25) is 0 Å². The molecule has 0 unspecified atom stereocenters. The number of sulfonamides is 1. The normalized spacial score (nSPS) is 11.9. The van der Waals surface area contributed by atoms with Crippen molar-refractivity contribution < 1.29 is 8.42 Å². The summed E-state index contributed by atoms with van der Waals surface area (Å²) in [6.07, 6.45) is 0.830. The Morgan fingerprint density at radius 2 is 1.87 bits per heavy atom. The monoisotopic (exact) mass is 339 g/mol. The first-order chi connectivity index (χ1) is 7.06. The molecule has 0 saturated carbocycles. The summed E-state index contributed by atoms with van der Waals surface area (Å²) in [4.78, 5) is 0. The molecule has 1 aromatic carbocycles. The molecule has 15 heavy (non-hydrogen) atoms. The van der Waals surface area contributed by atoms with Crippen LogP contribution in [0.3, 0.4) is 0 Å². The summed E-state index contributed by atoms with van der Waals surface area (Å²) >= 11 is 1.86. The van der Waals surface area contributed by atoms with E-state index < -0.39 is 10.0 Å². The van der Waals surface area contributed by atoms with Crippen LogP contribution in [-0.4, -0.2) is 17.5 Å². The lowest BCUT2D eigenvalue weighted by Crippen LogP contribution is -2.23. The predicted octanol–water partition coefficient (Wildman–Crippen LogP) is 2.58. The highest BCUT2D eigenvalue weighted by molar-refractivity contribution is 14.1. The molecule has 84 valence electrons. The van der Waals surface area contributed by atoms with Crippen molar-refractivity contribution in [3.05, 3.63) is 35.9 Å². The summed E-state index contributed by atoms with van der Waals surface area (Å²) in [5.41, 5.74) is 0.829. The zero-order valence-electron chi connectivity index (χ0n) is 8.56. The first-order valence-corrected chi connectivity index (χ1v) is 7.34. The second-order valence-electron chi connectivity index (χ2n) is 3.25. The summed E-state index contributed by atoms with van der Waals surface area (Å²) in [6.45, 7) is 2.53. The van der Waals surface area contributed by atoms with E-state index in [1.807, 2.05) is 60.1 Å². The number of hydrogen-bond donors (Lipinski definition) is 0. The summed E-state index contributed by atoms with van der Waals surface area (Å²) in [6, 6.07) is 9.23. The molecule has 0 saturated heterocycles. The highest BCUT2D eigenvalue weighted by atomic mass is 127. The van der Waals surface area contributed by atoms with Crippen molar-refractivity contribution in [2.24, 2.45) is 0 Å². The quantitative estimate of drug-likeness (QED) is 0.611. The fraction of sp³-hybridized carbons (Fsp3) is 0.400. The van der Waals surface area contributed by atoms with Gasteiger partial charge in [0.2, 0.25) is 10.0 Å². The van der Waals surface area contributed by atoms with Crippen molar-refractivity contribution in [2.45, 2.75) is 19.1 Å². The van der Waals surface area contributed by atoms with Gasteiger partial charge < -0.3 is 0 Å². The Morgan fingerprint density at radius 3 is 2.40 bits per heavy atom. The SMILES string of the molecule is CCCN(I)S(=O)(=O)Cc1ccccc1. The molecule has 0 N–H and O–H groups in total. The van der Waals surface area contributed by atoms with E-state index in [1.165, 1.54) is 2.52 Å². The van der Waals surface area contributed by atoms with Crippen LogP contribution >= 0.6 is 22.9 Å². The topological polar surface area (TPSA) is 37.4 Å². The maximum absolute atomic E-state index is 11.8. The molecular weight excluding hydrogens is 325 g/mol. The fourth-order valence-corrected chi connectivity index (χ4v) is 3.28. The number of benzene rings is 1. The van der Waals surface area contributed by atoms with Gasteiger partial charge in [-0.25, -0.2) is 8.42 Å². The number of rotatable bonds is 5. The Labute approximate surface area is 105 Å². The van der Waals surface area contributed by atoms with Crippen molar-refractivity contribution in [2.75, 3.05) is 6.54 Å². The van der Waals surface area contributed by atoms with Crippen molar-refractivity contribution >= 4 is 32.9 Å². The van der Waals surface area contributed by atoms with E-state index in [9.17, 15) is 8.42 Å². The third-order valence-electron chi connectivity index (χ3n) is 1.89. The molecule has 0 aliphatic rings. The maximum atomic E-state index is 11.8. The van der Waals surface area contributed by atoms with Gasteiger partial charge in [-0.1, -0.05) is 37.3 Å². The van der Waals surface area contributed by atoms with Crippen LogP contribution in [0.2, 0.25) is 0 Å². The third kappa shape index (κ3) is 4.08. The average Bonchev–Trinajstić information content (AvgIpc) is 2.19. The van der Waals surface area contributed by atoms with E-state index in [2.05, 4.69) is 0 Å². The summed E-state index contributed by atoms with van der Waals surface area (Å²) in [7, 11) is -3.16. The van der Waals surface area contributed by atoms with Crippen LogP contribution in [-0.2, 0) is 15.8 Å². The molecule has 0 bridgehead atoms. The van der Waals surface area contributed by atoms with Gasteiger partial charge in [0.05, 0.1) is 5.75 Å². The Bertz CT molecular complexity index is 391. The minimum Gasteiger partial charge on any atom is -0.211 e. The van der Waals surface area contributed by atoms with Crippen molar-refractivity contribution in [3.8, 4) is 0 Å². The standard InChI is InChI=1S/C10H14INO2S/c1-2-8-12(11)15(13,14)9-10-6-4-3-5-7-10/h3-7H,2,8-9H2,1H3. The average molecular weight is 339 g/mol. The van der Waals surface area contributed by atoms with Crippen LogP contribution in [0.15, 0.2) is 30.3 Å². The van der Waals surface area contributed by atoms with Gasteiger partial charge in [-0.2, -0.15) is 0 Å². The molecule has 1 aromatic rings. The Hall–Kier alpha value is -0.140. The van der Waals surface area contributed by atoms with Crippen molar-refractivity contribution in [1.29, 1.82) is 0 Å². The molecule has 0 aliphatic heterocycles. The zero-order valence-corrected chi connectivity index (χ0v) is 11.5. The van der Waals surface area contributed by atoms with Gasteiger partial charge in [0.1, 0.15) is 0 Å². The van der Waals surface area contributed by atoms with E-state index in [-0.39, 0.29) is 5.75 Å². The summed E-state index contributed by atoms with van der Waals surface area (Å²) < 4.78 is 25.0. The lowest BCUT2D eigenvalue weighted by Gasteiger charge is -2.13. The molecule has 0 heterocycles. The van der Waals surface area contributed by atoms with Gasteiger partial charge >= 0.3 is 0 Å². The highest BCUT2D eigenvalue weighted by Crippen LogP contribution is 2.14. The second-order valence-corrected chi connectivity index (χ2v) is 6.97. The van der Waals surface area contributed by atoms with Crippen molar-refractivity contribution in [1.82, 2.24) is 2.52 Å². The molecule has 0 atom stereocenters. The highest BCUT2D eigenvalue weighted by Gasteiger charge is 2.18. The molecule has 0 aliphatic carbocycles. The minimum absolute atomic E-state index is 0.0801. The van der Waals surface area contributed by atoms with Crippen LogP contribution in [0.25, 0.3) is 0 Å². The fourth-order valence-electron chi connectivity index (χ4n) is 1.17. The molecule has 5 heteroatoms. The van der Waals surface area contributed by atoms with E-state index in [0.717, 1.165) is 12.0 Å². The third-order valence-corrected chi connectivity index (χ3v) is 5.66. The number of nitrogens with zero attached hydrogens (tertiary/aromatic N) is 1. The molecule has 0 aromatic heterocycles. The van der Waals surface area contributed by atoms with Crippen LogP contribution in [0.4, 0.5) is 0 Å². The van der Waals surface area contributed by atoms with Crippen LogP contribution in [0, 0.1) is 0 Å². The Morgan fingerprint density at radius 1 is 1.27 bits per heavy atom. The van der Waals surface area contributed by atoms with E-state index >= 15 is 0 Å².